The van der Waals surface area contributed by atoms with E-state index in [-0.39, 0.29) is 0 Å². The van der Waals surface area contributed by atoms with Gasteiger partial charge in [0, 0.05) is 13.0 Å². The zero-order chi connectivity index (χ0) is 15.5. The molecule has 4 aliphatic carbocycles. The minimum absolute atomic E-state index is 0.360. The van der Waals surface area contributed by atoms with Crippen LogP contribution < -0.4 is 0 Å². The first-order chi connectivity index (χ1) is 10.5. The molecule has 0 spiro atoms. The smallest absolute Gasteiger partial charge is 0.155 e. The van der Waals surface area contributed by atoms with Gasteiger partial charge in [0.15, 0.2) is 5.78 Å². The van der Waals surface area contributed by atoms with Gasteiger partial charge in [-0.15, -0.1) is 0 Å². The molecule has 0 bridgehead atoms. The molecule has 4 rings (SSSR count). The lowest BCUT2D eigenvalue weighted by Crippen LogP contribution is -2.49. The first-order valence-corrected chi connectivity index (χ1v) is 9.38. The van der Waals surface area contributed by atoms with Crippen LogP contribution in [0.4, 0.5) is 0 Å². The molecular weight excluding hydrogens is 272 g/mol. The van der Waals surface area contributed by atoms with Crippen molar-refractivity contribution in [3.63, 3.8) is 0 Å². The number of carbonyl (C=O) groups excluding carboxylic acids is 1. The molecule has 0 amide bonds. The number of hydrogen-bond donors (Lipinski definition) is 1. The van der Waals surface area contributed by atoms with Crippen molar-refractivity contribution in [1.29, 1.82) is 0 Å². The normalized spacial score (nSPS) is 50.9. The predicted octanol–water partition coefficient (Wildman–Crippen LogP) is 3.98. The Morgan fingerprint density at radius 3 is 2.86 bits per heavy atom. The second kappa shape index (κ2) is 5.19. The van der Waals surface area contributed by atoms with Crippen LogP contribution in [0.5, 0.6) is 0 Å². The van der Waals surface area contributed by atoms with E-state index in [0.29, 0.717) is 35.6 Å². The number of fused-ring (bicyclic) bond motifs is 5. The summed E-state index contributed by atoms with van der Waals surface area (Å²) in [6, 6.07) is 0. The fourth-order valence-electron chi connectivity index (χ4n) is 7.00. The van der Waals surface area contributed by atoms with Crippen molar-refractivity contribution in [2.75, 3.05) is 6.61 Å². The summed E-state index contributed by atoms with van der Waals surface area (Å²) in [5.74, 6) is 4.72. The Balaban J connectivity index is 1.66. The van der Waals surface area contributed by atoms with Gasteiger partial charge >= 0.3 is 0 Å². The molecule has 7 atom stereocenters. The highest BCUT2D eigenvalue weighted by atomic mass is 16.3. The van der Waals surface area contributed by atoms with Crippen LogP contribution in [0.25, 0.3) is 0 Å². The van der Waals surface area contributed by atoms with E-state index in [4.69, 9.17) is 0 Å². The summed E-state index contributed by atoms with van der Waals surface area (Å²) in [6.07, 6.45) is 10.2. The van der Waals surface area contributed by atoms with Gasteiger partial charge in [-0.2, -0.15) is 0 Å². The summed E-state index contributed by atoms with van der Waals surface area (Å²) >= 11 is 0. The van der Waals surface area contributed by atoms with Crippen LogP contribution in [0.3, 0.4) is 0 Å². The third-order valence-corrected chi connectivity index (χ3v) is 8.06. The maximum absolute atomic E-state index is 11.8. The summed E-state index contributed by atoms with van der Waals surface area (Å²) in [6.45, 7) is 5.26. The highest BCUT2D eigenvalue weighted by molar-refractivity contribution is 5.91. The summed E-state index contributed by atoms with van der Waals surface area (Å²) < 4.78 is 0. The van der Waals surface area contributed by atoms with Crippen LogP contribution in [0.15, 0.2) is 11.6 Å². The third kappa shape index (κ3) is 1.99. The molecule has 3 saturated carbocycles. The minimum atomic E-state index is 0.360. The molecule has 0 saturated heterocycles. The average molecular weight is 302 g/mol. The number of carbonyl (C=O) groups is 1. The lowest BCUT2D eigenvalue weighted by atomic mass is 9.49. The van der Waals surface area contributed by atoms with Crippen LogP contribution in [0.2, 0.25) is 0 Å². The van der Waals surface area contributed by atoms with Crippen LogP contribution in [0.1, 0.15) is 58.8 Å². The van der Waals surface area contributed by atoms with Gasteiger partial charge < -0.3 is 5.11 Å². The van der Waals surface area contributed by atoms with Crippen molar-refractivity contribution < 1.29 is 9.90 Å². The van der Waals surface area contributed by atoms with Crippen LogP contribution in [0, 0.1) is 40.9 Å². The zero-order valence-electron chi connectivity index (χ0n) is 14.1. The van der Waals surface area contributed by atoms with Gasteiger partial charge in [-0.25, -0.2) is 0 Å². The van der Waals surface area contributed by atoms with Crippen molar-refractivity contribution >= 4 is 5.78 Å². The number of rotatable bonds is 1. The van der Waals surface area contributed by atoms with Gasteiger partial charge in [0.05, 0.1) is 0 Å². The Hall–Kier alpha value is -0.630. The van der Waals surface area contributed by atoms with E-state index < -0.39 is 0 Å². The lowest BCUT2D eigenvalue weighted by Gasteiger charge is -2.56. The third-order valence-electron chi connectivity index (χ3n) is 8.06. The molecule has 0 aromatic rings. The molecule has 1 N–H and O–H groups in total. The second-order valence-electron chi connectivity index (χ2n) is 8.86. The topological polar surface area (TPSA) is 37.3 Å². The van der Waals surface area contributed by atoms with E-state index in [0.717, 1.165) is 37.0 Å². The summed E-state index contributed by atoms with van der Waals surface area (Å²) in [4.78, 5) is 11.8. The number of hydrogen-bond acceptors (Lipinski definition) is 2. The minimum Gasteiger partial charge on any atom is -0.396 e. The Morgan fingerprint density at radius 2 is 2.09 bits per heavy atom. The van der Waals surface area contributed by atoms with Gasteiger partial charge in [-0.05, 0) is 85.5 Å². The Kier molecular flexibility index (Phi) is 3.52. The van der Waals surface area contributed by atoms with Gasteiger partial charge in [0.2, 0.25) is 0 Å². The molecule has 0 radical (unpaired) electrons. The van der Waals surface area contributed by atoms with Crippen molar-refractivity contribution in [3.05, 3.63) is 11.6 Å². The first kappa shape index (κ1) is 14.9. The van der Waals surface area contributed by atoms with Gasteiger partial charge in [-0.1, -0.05) is 19.4 Å². The van der Waals surface area contributed by atoms with Crippen molar-refractivity contribution in [1.82, 2.24) is 0 Å². The molecule has 22 heavy (non-hydrogen) atoms. The van der Waals surface area contributed by atoms with E-state index in [1.54, 1.807) is 0 Å². The average Bonchev–Trinajstić information content (AvgIpc) is 2.83. The summed E-state index contributed by atoms with van der Waals surface area (Å²) in [7, 11) is 0. The van der Waals surface area contributed by atoms with Crippen molar-refractivity contribution in [3.8, 4) is 0 Å². The van der Waals surface area contributed by atoms with Crippen LogP contribution in [-0.2, 0) is 4.79 Å². The maximum atomic E-state index is 11.8. The summed E-state index contributed by atoms with van der Waals surface area (Å²) in [5.41, 5.74) is 1.85. The molecule has 0 aromatic heterocycles. The van der Waals surface area contributed by atoms with E-state index in [2.05, 4.69) is 13.8 Å². The SMILES string of the molecule is C[C@@H]1CC2=CC(=O)CC[C@@H]2[C@H]2CC[C@]3(C)[C@H](CO)CC[C@@H]3[C@@H]21. The zero-order valence-corrected chi connectivity index (χ0v) is 14.1. The molecule has 0 aliphatic heterocycles. The van der Waals surface area contributed by atoms with Crippen molar-refractivity contribution in [2.45, 2.75) is 58.8 Å². The maximum Gasteiger partial charge on any atom is 0.155 e. The monoisotopic (exact) mass is 302 g/mol. The van der Waals surface area contributed by atoms with Gasteiger partial charge in [0.1, 0.15) is 0 Å². The van der Waals surface area contributed by atoms with E-state index >= 15 is 0 Å². The predicted molar refractivity (Wildman–Crippen MR) is 87.2 cm³/mol. The number of ketones is 1. The van der Waals surface area contributed by atoms with Gasteiger partial charge in [0.25, 0.3) is 0 Å². The Bertz CT molecular complexity index is 508. The van der Waals surface area contributed by atoms with Gasteiger partial charge in [-0.3, -0.25) is 4.79 Å². The van der Waals surface area contributed by atoms with Crippen LogP contribution >= 0.6 is 0 Å². The van der Waals surface area contributed by atoms with E-state index in [1.807, 2.05) is 6.08 Å². The Morgan fingerprint density at radius 1 is 1.27 bits per heavy atom. The number of allylic oxidation sites excluding steroid dienone is 1. The fraction of sp³-hybridized carbons (Fsp3) is 0.850. The molecule has 2 nitrogen and oxygen atoms in total. The molecule has 3 fully saturated rings. The number of aliphatic hydroxyl groups excluding tert-OH is 1. The molecule has 122 valence electrons. The highest BCUT2D eigenvalue weighted by Crippen LogP contribution is 2.64. The van der Waals surface area contributed by atoms with E-state index in [1.165, 1.54) is 31.3 Å². The highest BCUT2D eigenvalue weighted by Gasteiger charge is 2.57. The molecular formula is C20H30O2. The second-order valence-corrected chi connectivity index (χ2v) is 8.86. The first-order valence-electron chi connectivity index (χ1n) is 9.38. The number of aliphatic hydroxyl groups is 1. The Labute approximate surface area is 134 Å². The summed E-state index contributed by atoms with van der Waals surface area (Å²) in [5, 5.41) is 9.80. The van der Waals surface area contributed by atoms with E-state index in [9.17, 15) is 9.90 Å². The molecule has 0 aromatic carbocycles. The lowest BCUT2D eigenvalue weighted by molar-refractivity contribution is -0.116. The van der Waals surface area contributed by atoms with Crippen molar-refractivity contribution in [2.24, 2.45) is 40.9 Å². The van der Waals surface area contributed by atoms with Crippen LogP contribution in [-0.4, -0.2) is 17.5 Å². The standard InChI is InChI=1S/C20H30O2/c1-12-9-13-10-15(22)4-5-16(13)17-7-8-20(2)14(11-21)3-6-18(20)19(12)17/h10,12,14,16-19,21H,3-9,11H2,1-2H3/t12-,14+,16+,17-,18-,19-,20-/m1/s1. The molecule has 0 unspecified atom stereocenters. The largest absolute Gasteiger partial charge is 0.396 e. The molecule has 2 heteroatoms. The fourth-order valence-corrected chi connectivity index (χ4v) is 7.00. The molecule has 4 aliphatic rings. The quantitative estimate of drug-likeness (QED) is 0.795. The molecule has 0 heterocycles.